The van der Waals surface area contributed by atoms with Crippen molar-refractivity contribution in [3.05, 3.63) is 45.9 Å². The van der Waals surface area contributed by atoms with E-state index in [0.29, 0.717) is 16.5 Å². The molecule has 4 N–H and O–H groups in total. The first-order valence-electron chi connectivity index (χ1n) is 5.32. The summed E-state index contributed by atoms with van der Waals surface area (Å²) < 4.78 is 28.9. The highest BCUT2D eigenvalue weighted by atomic mass is 79.9. The molecule has 2 aromatic rings. The average molecular weight is 378 g/mol. The molecule has 0 aromatic heterocycles. The maximum atomic E-state index is 11.2. The molecule has 20 heavy (non-hydrogen) atoms. The number of primary sulfonamides is 1. The Bertz CT molecular complexity index is 765. The summed E-state index contributed by atoms with van der Waals surface area (Å²) in [6, 6.07) is 9.23. The summed E-state index contributed by atoms with van der Waals surface area (Å²) in [5, 5.41) is 5.44. The second-order valence-electron chi connectivity index (χ2n) is 3.92. The maximum Gasteiger partial charge on any atom is 0.240 e. The molecule has 8 heteroatoms. The molecule has 0 fully saturated rings. The second-order valence-corrected chi connectivity index (χ2v) is 6.77. The van der Waals surface area contributed by atoms with E-state index in [4.69, 9.17) is 27.2 Å². The van der Waals surface area contributed by atoms with Crippen molar-refractivity contribution in [2.75, 3.05) is 5.73 Å². The average Bonchev–Trinajstić information content (AvgIpc) is 2.31. The molecule has 0 heterocycles. The van der Waals surface area contributed by atoms with Crippen LogP contribution in [0.1, 0.15) is 0 Å². The van der Waals surface area contributed by atoms with Crippen LogP contribution in [0, 0.1) is 0 Å². The first kappa shape index (κ1) is 15.1. The van der Waals surface area contributed by atoms with Crippen molar-refractivity contribution < 1.29 is 13.2 Å². The summed E-state index contributed by atoms with van der Waals surface area (Å²) in [6.45, 7) is 0. The van der Waals surface area contributed by atoms with Crippen molar-refractivity contribution in [1.29, 1.82) is 0 Å². The van der Waals surface area contributed by atoms with Gasteiger partial charge in [-0.15, -0.1) is 0 Å². The quantitative estimate of drug-likeness (QED) is 0.803. The fraction of sp³-hybridized carbons (Fsp3) is 0. The van der Waals surface area contributed by atoms with Gasteiger partial charge in [0.05, 0.1) is 10.7 Å². The fourth-order valence-corrected chi connectivity index (χ4v) is 2.89. The van der Waals surface area contributed by atoms with E-state index in [1.165, 1.54) is 18.2 Å². The third-order valence-corrected chi connectivity index (χ3v) is 4.18. The normalized spacial score (nSPS) is 11.3. The maximum absolute atomic E-state index is 11.2. The van der Waals surface area contributed by atoms with Crippen LogP contribution in [0.25, 0.3) is 0 Å². The van der Waals surface area contributed by atoms with Gasteiger partial charge in [0.1, 0.15) is 16.4 Å². The third kappa shape index (κ3) is 3.43. The lowest BCUT2D eigenvalue weighted by Gasteiger charge is -2.10. The van der Waals surface area contributed by atoms with E-state index in [0.717, 1.165) is 4.47 Å². The van der Waals surface area contributed by atoms with Crippen LogP contribution in [0.15, 0.2) is 45.8 Å². The van der Waals surface area contributed by atoms with E-state index in [-0.39, 0.29) is 10.6 Å². The fourth-order valence-electron chi connectivity index (χ4n) is 1.53. The summed E-state index contributed by atoms with van der Waals surface area (Å²) in [4.78, 5) is -0.147. The number of ether oxygens (including phenoxy) is 1. The molecule has 2 rings (SSSR count). The van der Waals surface area contributed by atoms with E-state index < -0.39 is 10.0 Å². The van der Waals surface area contributed by atoms with E-state index in [1.807, 2.05) is 0 Å². The molecule has 0 atom stereocenters. The number of nitrogens with two attached hydrogens (primary N) is 2. The first-order chi connectivity index (χ1) is 9.27. The van der Waals surface area contributed by atoms with Crippen molar-refractivity contribution in [2.24, 2.45) is 5.14 Å². The topological polar surface area (TPSA) is 95.4 Å². The highest BCUT2D eigenvalue weighted by Crippen LogP contribution is 2.33. The van der Waals surface area contributed by atoms with Gasteiger partial charge in [0.25, 0.3) is 0 Å². The van der Waals surface area contributed by atoms with Crippen LogP contribution in [-0.4, -0.2) is 8.42 Å². The minimum atomic E-state index is -3.85. The monoisotopic (exact) mass is 376 g/mol. The number of hydrogen-bond donors (Lipinski definition) is 2. The number of nitrogen functional groups attached to an aromatic ring is 1. The number of halogens is 2. The second kappa shape index (κ2) is 5.61. The van der Waals surface area contributed by atoms with E-state index >= 15 is 0 Å². The third-order valence-electron chi connectivity index (χ3n) is 2.41. The Balaban J connectivity index is 2.34. The molecule has 5 nitrogen and oxygen atoms in total. The van der Waals surface area contributed by atoms with E-state index in [2.05, 4.69) is 15.9 Å². The van der Waals surface area contributed by atoms with E-state index in [1.54, 1.807) is 18.2 Å². The molecule has 0 aliphatic rings. The van der Waals surface area contributed by atoms with Crippen molar-refractivity contribution in [3.63, 3.8) is 0 Å². The Hall–Kier alpha value is -1.28. The summed E-state index contributed by atoms with van der Waals surface area (Å²) in [7, 11) is -3.85. The minimum absolute atomic E-state index is 0.0123. The van der Waals surface area contributed by atoms with Gasteiger partial charge in [-0.3, -0.25) is 0 Å². The zero-order valence-electron chi connectivity index (χ0n) is 10.0. The van der Waals surface area contributed by atoms with Crippen molar-refractivity contribution in [1.82, 2.24) is 0 Å². The number of hydrogen-bond acceptors (Lipinski definition) is 4. The Morgan fingerprint density at radius 1 is 1.15 bits per heavy atom. The summed E-state index contributed by atoms with van der Waals surface area (Å²) in [6.07, 6.45) is 0. The van der Waals surface area contributed by atoms with Crippen LogP contribution in [0.2, 0.25) is 5.02 Å². The Labute approximate surface area is 129 Å². The molecular formula is C12H10BrClN2O3S. The van der Waals surface area contributed by atoms with Gasteiger partial charge < -0.3 is 10.5 Å². The molecule has 2 aromatic carbocycles. The highest BCUT2D eigenvalue weighted by molar-refractivity contribution is 9.10. The smallest absolute Gasteiger partial charge is 0.240 e. The minimum Gasteiger partial charge on any atom is -0.456 e. The predicted molar refractivity (Wildman–Crippen MR) is 81.5 cm³/mol. The molecule has 0 aliphatic carbocycles. The lowest BCUT2D eigenvalue weighted by atomic mass is 10.3. The highest BCUT2D eigenvalue weighted by Gasteiger charge is 2.13. The zero-order valence-corrected chi connectivity index (χ0v) is 13.2. The SMILES string of the molecule is Nc1cc(Oc2ccc(Br)cc2Cl)ccc1S(N)(=O)=O. The van der Waals surface area contributed by atoms with Crippen LogP contribution in [0.3, 0.4) is 0 Å². The molecule has 0 spiro atoms. The molecular weight excluding hydrogens is 368 g/mol. The Kier molecular flexibility index (Phi) is 4.24. The van der Waals surface area contributed by atoms with Crippen molar-refractivity contribution >= 4 is 43.2 Å². The van der Waals surface area contributed by atoms with Gasteiger partial charge in [0.15, 0.2) is 0 Å². The molecule has 106 valence electrons. The van der Waals surface area contributed by atoms with Gasteiger partial charge in [-0.1, -0.05) is 27.5 Å². The Morgan fingerprint density at radius 2 is 1.85 bits per heavy atom. The van der Waals surface area contributed by atoms with Gasteiger partial charge in [-0.05, 0) is 30.3 Å². The molecule has 0 radical (unpaired) electrons. The first-order valence-corrected chi connectivity index (χ1v) is 8.04. The molecule has 0 amide bonds. The van der Waals surface area contributed by atoms with Crippen molar-refractivity contribution in [2.45, 2.75) is 4.90 Å². The lowest BCUT2D eigenvalue weighted by Crippen LogP contribution is -2.14. The van der Waals surface area contributed by atoms with Gasteiger partial charge in [0, 0.05) is 10.5 Å². The molecule has 0 bridgehead atoms. The molecule has 0 aliphatic heterocycles. The number of anilines is 1. The van der Waals surface area contributed by atoms with Crippen LogP contribution < -0.4 is 15.6 Å². The van der Waals surface area contributed by atoms with Gasteiger partial charge in [0.2, 0.25) is 10.0 Å². The van der Waals surface area contributed by atoms with Crippen LogP contribution in [0.5, 0.6) is 11.5 Å². The largest absolute Gasteiger partial charge is 0.456 e. The lowest BCUT2D eigenvalue weighted by molar-refractivity contribution is 0.482. The van der Waals surface area contributed by atoms with Crippen LogP contribution in [-0.2, 0) is 10.0 Å². The summed E-state index contributed by atoms with van der Waals surface area (Å²) >= 11 is 9.31. The number of sulfonamides is 1. The van der Waals surface area contributed by atoms with Crippen LogP contribution in [0.4, 0.5) is 5.69 Å². The number of rotatable bonds is 3. The van der Waals surface area contributed by atoms with Gasteiger partial charge >= 0.3 is 0 Å². The van der Waals surface area contributed by atoms with Crippen LogP contribution >= 0.6 is 27.5 Å². The Morgan fingerprint density at radius 3 is 2.40 bits per heavy atom. The summed E-state index contributed by atoms with van der Waals surface area (Å²) in [5.74, 6) is 0.789. The van der Waals surface area contributed by atoms with Gasteiger partial charge in [-0.25, -0.2) is 13.6 Å². The molecule has 0 unspecified atom stereocenters. The van der Waals surface area contributed by atoms with Gasteiger partial charge in [-0.2, -0.15) is 0 Å². The van der Waals surface area contributed by atoms with E-state index in [9.17, 15) is 8.42 Å². The summed E-state index contributed by atoms with van der Waals surface area (Å²) in [5.41, 5.74) is 5.66. The molecule has 0 saturated heterocycles. The van der Waals surface area contributed by atoms with Crippen molar-refractivity contribution in [3.8, 4) is 11.5 Å². The zero-order chi connectivity index (χ0) is 14.9. The molecule has 0 saturated carbocycles. The predicted octanol–water partition coefficient (Wildman–Crippen LogP) is 3.12. The number of benzene rings is 2. The standard InChI is InChI=1S/C12H10BrClN2O3S/c13-7-1-3-11(9(14)5-7)19-8-2-4-12(10(15)6-8)20(16,17)18/h1-6H,15H2,(H2,16,17,18).